The number of halogens is 1. The summed E-state index contributed by atoms with van der Waals surface area (Å²) in [7, 11) is 1.57. The maximum atomic E-state index is 12.1. The van der Waals surface area contributed by atoms with E-state index in [1.807, 2.05) is 24.3 Å². The second-order valence-corrected chi connectivity index (χ2v) is 6.43. The molecule has 0 bridgehead atoms. The van der Waals surface area contributed by atoms with Crippen LogP contribution in [0.5, 0.6) is 0 Å². The van der Waals surface area contributed by atoms with Gasteiger partial charge in [-0.15, -0.1) is 0 Å². The summed E-state index contributed by atoms with van der Waals surface area (Å²) in [6.07, 6.45) is 0.595. The Morgan fingerprint density at radius 2 is 2.16 bits per heavy atom. The van der Waals surface area contributed by atoms with Crippen molar-refractivity contribution in [3.8, 4) is 0 Å². The largest absolute Gasteiger partial charge is 0.369 e. The third-order valence-corrected chi connectivity index (χ3v) is 5.02. The molecule has 1 unspecified atom stereocenters. The fourth-order valence-corrected chi connectivity index (χ4v) is 3.41. The number of carbonyl (C=O) groups excluding carboxylic acids is 1. The lowest BCUT2D eigenvalue weighted by Crippen LogP contribution is -2.56. The Bertz CT molecular complexity index is 469. The smallest absolute Gasteiger partial charge is 0.264 e. The van der Waals surface area contributed by atoms with Crippen molar-refractivity contribution in [2.45, 2.75) is 37.7 Å². The number of carbonyl (C=O) groups is 1. The first-order valence-corrected chi connectivity index (χ1v) is 7.58. The zero-order valence-corrected chi connectivity index (χ0v) is 12.9. The molecule has 1 fully saturated rings. The molecule has 1 aromatic carbocycles. The first-order valence-electron chi connectivity index (χ1n) is 6.37. The zero-order chi connectivity index (χ0) is 14.0. The lowest BCUT2D eigenvalue weighted by Gasteiger charge is -2.46. The average Bonchev–Trinajstić information content (AvgIpc) is 2.42. The number of methoxy groups -OCH3 is 1. The molecule has 1 heterocycles. The highest BCUT2D eigenvalue weighted by molar-refractivity contribution is 7.98. The van der Waals surface area contributed by atoms with E-state index in [1.165, 1.54) is 0 Å². The third-order valence-electron chi connectivity index (χ3n) is 3.35. The van der Waals surface area contributed by atoms with Gasteiger partial charge in [-0.1, -0.05) is 43.6 Å². The standard InChI is InChI=1S/C14H18ClNO2S/c1-4-9(2)19-16-12(13(18-3)14(16)17)10-7-5-6-8-11(10)15/h5-9,12-13H,4H2,1-3H3/t9?,12-,13+/m0/s1. The molecule has 3 nitrogen and oxygen atoms in total. The number of hydrogen-bond donors (Lipinski definition) is 0. The summed E-state index contributed by atoms with van der Waals surface area (Å²) in [5, 5.41) is 1.07. The van der Waals surface area contributed by atoms with Crippen molar-refractivity contribution in [3.05, 3.63) is 34.9 Å². The third kappa shape index (κ3) is 2.76. The van der Waals surface area contributed by atoms with Crippen LogP contribution in [0.15, 0.2) is 24.3 Å². The molecule has 0 radical (unpaired) electrons. The number of ether oxygens (including phenoxy) is 1. The molecule has 2 rings (SSSR count). The van der Waals surface area contributed by atoms with E-state index in [9.17, 15) is 4.79 Å². The number of β-lactam (4-membered cyclic amide) rings is 1. The summed E-state index contributed by atoms with van der Waals surface area (Å²) in [5.41, 5.74) is 0.950. The summed E-state index contributed by atoms with van der Waals surface area (Å²) in [4.78, 5) is 12.1. The van der Waals surface area contributed by atoms with Crippen LogP contribution in [0.4, 0.5) is 0 Å². The maximum absolute atomic E-state index is 12.1. The summed E-state index contributed by atoms with van der Waals surface area (Å²) >= 11 is 7.81. The first-order chi connectivity index (χ1) is 9.10. The molecule has 1 aliphatic heterocycles. The fourth-order valence-electron chi connectivity index (χ4n) is 2.06. The predicted molar refractivity (Wildman–Crippen MR) is 79.2 cm³/mol. The lowest BCUT2D eigenvalue weighted by atomic mass is 9.94. The van der Waals surface area contributed by atoms with Crippen molar-refractivity contribution in [3.63, 3.8) is 0 Å². The van der Waals surface area contributed by atoms with Crippen LogP contribution in [-0.4, -0.2) is 28.7 Å². The zero-order valence-electron chi connectivity index (χ0n) is 11.3. The van der Waals surface area contributed by atoms with Gasteiger partial charge in [0.15, 0.2) is 6.10 Å². The number of amides is 1. The second-order valence-electron chi connectivity index (χ2n) is 4.61. The summed E-state index contributed by atoms with van der Waals surface area (Å²) in [5.74, 6) is 0.0257. The minimum Gasteiger partial charge on any atom is -0.369 e. The Morgan fingerprint density at radius 3 is 2.74 bits per heavy atom. The van der Waals surface area contributed by atoms with Gasteiger partial charge in [0.25, 0.3) is 5.91 Å². The highest BCUT2D eigenvalue weighted by atomic mass is 35.5. The van der Waals surface area contributed by atoms with Gasteiger partial charge in [-0.3, -0.25) is 9.10 Å². The Balaban J connectivity index is 2.24. The van der Waals surface area contributed by atoms with Crippen LogP contribution < -0.4 is 0 Å². The van der Waals surface area contributed by atoms with E-state index in [2.05, 4.69) is 13.8 Å². The summed E-state index contributed by atoms with van der Waals surface area (Å²) in [6.45, 7) is 4.22. The van der Waals surface area contributed by atoms with Crippen LogP contribution in [0.3, 0.4) is 0 Å². The number of rotatable bonds is 5. The highest BCUT2D eigenvalue weighted by Gasteiger charge is 2.50. The van der Waals surface area contributed by atoms with E-state index in [4.69, 9.17) is 16.3 Å². The van der Waals surface area contributed by atoms with Gasteiger partial charge in [0.1, 0.15) is 6.04 Å². The van der Waals surface area contributed by atoms with Gasteiger partial charge in [-0.05, 0) is 30.0 Å². The maximum Gasteiger partial charge on any atom is 0.264 e. The van der Waals surface area contributed by atoms with E-state index in [1.54, 1.807) is 23.4 Å². The fraction of sp³-hybridized carbons (Fsp3) is 0.500. The Morgan fingerprint density at radius 1 is 1.47 bits per heavy atom. The molecule has 5 heteroatoms. The topological polar surface area (TPSA) is 29.5 Å². The Kier molecular flexibility index (Phi) is 4.76. The molecule has 0 aliphatic carbocycles. The second kappa shape index (κ2) is 6.16. The van der Waals surface area contributed by atoms with E-state index in [-0.39, 0.29) is 11.9 Å². The molecule has 19 heavy (non-hydrogen) atoms. The van der Waals surface area contributed by atoms with Crippen molar-refractivity contribution >= 4 is 29.5 Å². The lowest BCUT2D eigenvalue weighted by molar-refractivity contribution is -0.158. The molecule has 1 aliphatic rings. The minimum atomic E-state index is -0.420. The van der Waals surface area contributed by atoms with Crippen LogP contribution in [-0.2, 0) is 9.53 Å². The van der Waals surface area contributed by atoms with Crippen LogP contribution in [0.2, 0.25) is 5.02 Å². The molecular formula is C14H18ClNO2S. The molecular weight excluding hydrogens is 282 g/mol. The normalized spacial score (nSPS) is 24.2. The number of nitrogens with zero attached hydrogens (tertiary/aromatic N) is 1. The van der Waals surface area contributed by atoms with Crippen molar-refractivity contribution in [2.75, 3.05) is 7.11 Å². The van der Waals surface area contributed by atoms with Crippen LogP contribution in [0.25, 0.3) is 0 Å². The summed E-state index contributed by atoms with van der Waals surface area (Å²) < 4.78 is 7.10. The van der Waals surface area contributed by atoms with Gasteiger partial charge in [0.05, 0.1) is 0 Å². The van der Waals surface area contributed by atoms with Gasteiger partial charge in [-0.25, -0.2) is 0 Å². The number of hydrogen-bond acceptors (Lipinski definition) is 3. The monoisotopic (exact) mass is 299 g/mol. The molecule has 1 amide bonds. The molecule has 104 valence electrons. The molecule has 1 aromatic rings. The van der Waals surface area contributed by atoms with Gasteiger partial charge in [-0.2, -0.15) is 0 Å². The van der Waals surface area contributed by atoms with Crippen molar-refractivity contribution in [2.24, 2.45) is 0 Å². The van der Waals surface area contributed by atoms with Gasteiger partial charge in [0, 0.05) is 17.4 Å². The summed E-state index contributed by atoms with van der Waals surface area (Å²) in [6, 6.07) is 7.53. The highest BCUT2D eigenvalue weighted by Crippen LogP contribution is 2.45. The van der Waals surface area contributed by atoms with Gasteiger partial charge in [0.2, 0.25) is 0 Å². The molecule has 0 spiro atoms. The molecule has 3 atom stereocenters. The van der Waals surface area contributed by atoms with E-state index >= 15 is 0 Å². The average molecular weight is 300 g/mol. The quantitative estimate of drug-likeness (QED) is 0.613. The van der Waals surface area contributed by atoms with Crippen LogP contribution >= 0.6 is 23.5 Å². The van der Waals surface area contributed by atoms with E-state index in [0.717, 1.165) is 12.0 Å². The van der Waals surface area contributed by atoms with Crippen molar-refractivity contribution in [1.82, 2.24) is 4.31 Å². The first kappa shape index (κ1) is 14.7. The molecule has 0 saturated carbocycles. The Hall–Kier alpha value is -0.710. The van der Waals surface area contributed by atoms with Crippen molar-refractivity contribution in [1.29, 1.82) is 0 Å². The van der Waals surface area contributed by atoms with E-state index < -0.39 is 6.10 Å². The SMILES string of the molecule is CCC(C)SN1C(=O)[C@H](OC)[C@@H]1c1ccccc1Cl. The molecule has 1 saturated heterocycles. The molecule has 0 N–H and O–H groups in total. The van der Waals surface area contributed by atoms with Crippen LogP contribution in [0, 0.1) is 0 Å². The predicted octanol–water partition coefficient (Wildman–Crippen LogP) is 3.69. The van der Waals surface area contributed by atoms with Gasteiger partial charge >= 0.3 is 0 Å². The van der Waals surface area contributed by atoms with E-state index in [0.29, 0.717) is 10.3 Å². The minimum absolute atomic E-state index is 0.0257. The molecule has 0 aromatic heterocycles. The Labute approximate surface area is 123 Å². The van der Waals surface area contributed by atoms with Crippen LogP contribution in [0.1, 0.15) is 31.9 Å². The van der Waals surface area contributed by atoms with Crippen molar-refractivity contribution < 1.29 is 9.53 Å². The van der Waals surface area contributed by atoms with Gasteiger partial charge < -0.3 is 4.74 Å². The number of benzene rings is 1.